The highest BCUT2D eigenvalue weighted by molar-refractivity contribution is 5.90. The average molecular weight is 1460 g/mol. The molecule has 3 aliphatic carbocycles. The monoisotopic (exact) mass is 1460 g/mol. The van der Waals surface area contributed by atoms with Gasteiger partial charge in [0.2, 0.25) is 0 Å². The summed E-state index contributed by atoms with van der Waals surface area (Å²) in [5, 5.41) is 16.1. The molecule has 0 radical (unpaired) electrons. The molecular formula is C78H89F6N9O12. The molecule has 3 unspecified atom stereocenters. The highest BCUT2D eigenvalue weighted by atomic mass is 19.4. The zero-order valence-corrected chi connectivity index (χ0v) is 58.7. The van der Waals surface area contributed by atoms with E-state index in [-0.39, 0.29) is 41.8 Å². The second-order valence-corrected chi connectivity index (χ2v) is 28.9. The lowest BCUT2D eigenvalue weighted by molar-refractivity contribution is -0.188. The topological polar surface area (TPSA) is 244 Å². The van der Waals surface area contributed by atoms with Gasteiger partial charge in [0.15, 0.2) is 6.29 Å². The zero-order chi connectivity index (χ0) is 74.1. The molecule has 6 saturated heterocycles. The van der Waals surface area contributed by atoms with Crippen LogP contribution < -0.4 is 10.6 Å². The van der Waals surface area contributed by atoms with Gasteiger partial charge in [-0.05, 0) is 143 Å². The number of carboxylic acids is 1. The van der Waals surface area contributed by atoms with Crippen molar-refractivity contribution < 1.29 is 83.9 Å². The number of pyridine rings is 3. The van der Waals surface area contributed by atoms with Gasteiger partial charge in [-0.25, -0.2) is 14.4 Å². The fourth-order valence-electron chi connectivity index (χ4n) is 16.0. The molecule has 560 valence electrons. The van der Waals surface area contributed by atoms with Crippen LogP contribution in [0.3, 0.4) is 0 Å². The van der Waals surface area contributed by atoms with Crippen LogP contribution in [0.25, 0.3) is 0 Å². The molecule has 3 N–H and O–H groups in total. The van der Waals surface area contributed by atoms with Gasteiger partial charge in [0.1, 0.15) is 5.69 Å². The lowest BCUT2D eigenvalue weighted by atomic mass is 9.87. The number of benzene rings is 3. The number of aldehydes is 1. The van der Waals surface area contributed by atoms with Crippen molar-refractivity contribution in [2.24, 2.45) is 0 Å². The van der Waals surface area contributed by atoms with Crippen LogP contribution in [-0.4, -0.2) is 214 Å². The standard InChI is InChI=1S/C27H30F3N3O4.C24H29N3O3.C19H23F3N2O2.C8H7NO3/c1-36-24(34)19-7-8-20(31-15-19)16-32-11-9-26(10-12-32)14-21(17-37-26)33(25(35)27(28,29)30)23-13-22(23)18-5-3-2-4-6-18;28-23(29)18-6-7-19(25-14-18)15-27-10-8-24(9-11-27)13-20(16-30-24)26-22-12-21(22)17-4-2-1-3-5-17;20-19(21,22)17(25)24(16-10-15(16)13-4-2-1-3-5-13)14-11-18(26-12-14)6-8-23-9-7-18;1-12-8(11)6-2-3-7(5-10)9-4-6/h2-8,15,21-23H,9-14,16-17H2,1H3;1-7,14,20-22,26H,8-13,15-16H2,(H,28,29);1-5,14-16,23H,6-12H2;2-5H,1H3/t21?,22-,23+;20?,21-,22+;14?,15-,16+;/m000./s1. The smallest absolute Gasteiger partial charge is 0.471 e. The van der Waals surface area contributed by atoms with Crippen LogP contribution in [0.4, 0.5) is 26.3 Å². The number of halogens is 6. The summed E-state index contributed by atoms with van der Waals surface area (Å²) in [6.45, 7) is 7.49. The molecule has 15 rings (SSSR count). The van der Waals surface area contributed by atoms with Gasteiger partial charge < -0.3 is 49.2 Å². The highest BCUT2D eigenvalue weighted by Crippen LogP contribution is 2.51. The fraction of sp³-hybridized carbons (Fsp3) is 0.500. The van der Waals surface area contributed by atoms with Crippen LogP contribution in [0.2, 0.25) is 0 Å². The number of esters is 2. The molecule has 6 aliphatic heterocycles. The zero-order valence-electron chi connectivity index (χ0n) is 58.7. The normalized spacial score (nSPS) is 25.4. The Kier molecular flexibility index (Phi) is 24.0. The van der Waals surface area contributed by atoms with Crippen molar-refractivity contribution >= 4 is 36.0 Å². The van der Waals surface area contributed by atoms with E-state index in [1.165, 1.54) is 56.9 Å². The summed E-state index contributed by atoms with van der Waals surface area (Å²) in [4.78, 5) is 87.5. The summed E-state index contributed by atoms with van der Waals surface area (Å²) in [7, 11) is 2.61. The third-order valence-corrected chi connectivity index (χ3v) is 21.9. The number of alkyl halides is 6. The summed E-state index contributed by atoms with van der Waals surface area (Å²) in [5.74, 6) is -4.76. The maximum Gasteiger partial charge on any atom is 0.471 e. The number of nitrogens with zero attached hydrogens (tertiary/aromatic N) is 7. The lowest BCUT2D eigenvalue weighted by Crippen LogP contribution is -2.50. The maximum atomic E-state index is 13.6. The number of aromatic nitrogens is 3. The predicted octanol–water partition coefficient (Wildman–Crippen LogP) is 10.5. The van der Waals surface area contributed by atoms with Crippen molar-refractivity contribution in [2.75, 3.05) is 73.3 Å². The Morgan fingerprint density at radius 2 is 0.952 bits per heavy atom. The number of hydrogen-bond acceptors (Lipinski definition) is 18. The van der Waals surface area contributed by atoms with Gasteiger partial charge in [0.25, 0.3) is 0 Å². The third-order valence-electron chi connectivity index (χ3n) is 21.9. The van der Waals surface area contributed by atoms with Crippen LogP contribution in [0.5, 0.6) is 0 Å². The Morgan fingerprint density at radius 1 is 0.543 bits per heavy atom. The summed E-state index contributed by atoms with van der Waals surface area (Å²) in [5.41, 5.74) is 5.51. The van der Waals surface area contributed by atoms with Gasteiger partial charge in [-0.1, -0.05) is 91.0 Å². The number of carbonyl (C=O) groups excluding carboxylic acids is 5. The minimum atomic E-state index is -4.92. The molecule has 21 nitrogen and oxygen atoms in total. The number of methoxy groups -OCH3 is 2. The Hall–Kier alpha value is -8.57. The third kappa shape index (κ3) is 19.2. The molecule has 6 aromatic rings. The summed E-state index contributed by atoms with van der Waals surface area (Å²) in [6.07, 6.45) is 4.43. The second-order valence-electron chi connectivity index (χ2n) is 28.9. The minimum Gasteiger partial charge on any atom is -0.478 e. The van der Waals surface area contributed by atoms with E-state index in [0.717, 1.165) is 104 Å². The summed E-state index contributed by atoms with van der Waals surface area (Å²) < 4.78 is 108. The second kappa shape index (κ2) is 33.1. The fourth-order valence-corrected chi connectivity index (χ4v) is 16.0. The van der Waals surface area contributed by atoms with Crippen LogP contribution in [0.15, 0.2) is 146 Å². The molecule has 3 aromatic heterocycles. The summed E-state index contributed by atoms with van der Waals surface area (Å²) in [6, 6.07) is 38.7. The average Bonchev–Trinajstić information content (AvgIpc) is 1.60. The molecule has 9 heterocycles. The number of nitrogens with one attached hydrogen (secondary N) is 2. The van der Waals surface area contributed by atoms with Gasteiger partial charge in [-0.15, -0.1) is 0 Å². The Balaban J connectivity index is 0.000000139. The molecule has 3 spiro atoms. The van der Waals surface area contributed by atoms with Gasteiger partial charge in [0, 0.05) is 99.8 Å². The Bertz CT molecular complexity index is 3920. The van der Waals surface area contributed by atoms with Crippen molar-refractivity contribution in [3.8, 4) is 0 Å². The molecule has 3 aromatic carbocycles. The van der Waals surface area contributed by atoms with E-state index >= 15 is 0 Å². The molecule has 27 heteroatoms. The van der Waals surface area contributed by atoms with Crippen molar-refractivity contribution in [2.45, 2.75) is 173 Å². The number of piperidine rings is 3. The molecule has 9 aliphatic rings. The van der Waals surface area contributed by atoms with Gasteiger partial charge in [-0.3, -0.25) is 39.1 Å². The van der Waals surface area contributed by atoms with E-state index in [9.17, 15) is 55.1 Å². The SMILES string of the molecule is COC(=O)c1ccc(C=O)nc1.COC(=O)c1ccc(CN2CCC3(CC2)CC(N(C(=O)C(F)(F)F)[C@@H]2C[C@H]2c2ccccc2)CO3)nc1.O=C(N(C1COC2(CCNCC2)C1)[C@@H]1C[C@H]1c1ccccc1)C(F)(F)F.O=C(O)c1ccc(CN2CCC3(CC2)CC(N[C@@H]2C[C@H]2c2ccccc2)CO3)nc1. The van der Waals surface area contributed by atoms with Crippen molar-refractivity contribution in [3.63, 3.8) is 0 Å². The van der Waals surface area contributed by atoms with E-state index in [1.54, 1.807) is 18.2 Å². The number of carbonyl (C=O) groups is 6. The molecule has 9 fully saturated rings. The van der Waals surface area contributed by atoms with Crippen LogP contribution in [0.1, 0.15) is 164 Å². The first-order valence-corrected chi connectivity index (χ1v) is 35.9. The van der Waals surface area contributed by atoms with E-state index in [1.807, 2.05) is 66.7 Å². The highest BCUT2D eigenvalue weighted by Gasteiger charge is 2.59. The molecule has 105 heavy (non-hydrogen) atoms. The van der Waals surface area contributed by atoms with Crippen molar-refractivity contribution in [1.82, 2.24) is 45.2 Å². The van der Waals surface area contributed by atoms with E-state index in [2.05, 4.69) is 70.5 Å². The number of ether oxygens (including phenoxy) is 5. The Labute approximate surface area is 605 Å². The first-order valence-electron chi connectivity index (χ1n) is 35.9. The molecular weight excluding hydrogens is 1370 g/mol. The van der Waals surface area contributed by atoms with Crippen molar-refractivity contribution in [1.29, 1.82) is 0 Å². The Morgan fingerprint density at radius 3 is 1.35 bits per heavy atom. The molecule has 9 atom stereocenters. The van der Waals surface area contributed by atoms with E-state index < -0.39 is 71.8 Å². The van der Waals surface area contributed by atoms with Crippen LogP contribution in [-0.2, 0) is 46.4 Å². The molecule has 2 amide bonds. The number of amides is 2. The number of rotatable bonds is 17. The van der Waals surface area contributed by atoms with E-state index in [0.29, 0.717) is 99.3 Å². The number of likely N-dealkylation sites (tertiary alicyclic amines) is 2. The van der Waals surface area contributed by atoms with E-state index in [4.69, 9.17) is 24.1 Å². The van der Waals surface area contributed by atoms with Crippen LogP contribution in [0, 0.1) is 0 Å². The number of hydrogen-bond donors (Lipinski definition) is 3. The van der Waals surface area contributed by atoms with Crippen molar-refractivity contribution in [3.05, 3.63) is 196 Å². The number of carboxylic acid groups (broad SMARTS) is 1. The van der Waals surface area contributed by atoms with Gasteiger partial charge in [-0.2, -0.15) is 26.3 Å². The number of aromatic carboxylic acids is 1. The largest absolute Gasteiger partial charge is 0.478 e. The molecule has 3 saturated carbocycles. The van der Waals surface area contributed by atoms with Gasteiger partial charge in [0.05, 0.1) is 91.0 Å². The summed E-state index contributed by atoms with van der Waals surface area (Å²) >= 11 is 0. The van der Waals surface area contributed by atoms with Gasteiger partial charge >= 0.3 is 42.1 Å². The first kappa shape index (κ1) is 76.1. The lowest BCUT2D eigenvalue weighted by Gasteiger charge is -2.39. The maximum absolute atomic E-state index is 13.6. The minimum absolute atomic E-state index is 0.0197. The quantitative estimate of drug-likeness (QED) is 0.0436. The first-order chi connectivity index (χ1) is 50.5. The molecule has 0 bridgehead atoms. The predicted molar refractivity (Wildman–Crippen MR) is 372 cm³/mol. The van der Waals surface area contributed by atoms with Crippen LogP contribution >= 0.6 is 0 Å².